The molecule has 206 valence electrons. The van der Waals surface area contributed by atoms with Gasteiger partial charge in [0.2, 0.25) is 5.91 Å². The Labute approximate surface area is 244 Å². The lowest BCUT2D eigenvalue weighted by atomic mass is 9.68. The Morgan fingerprint density at radius 1 is 1.02 bits per heavy atom. The lowest BCUT2D eigenvalue weighted by Crippen LogP contribution is -2.43. The smallest absolute Gasteiger partial charge is 0.235 e. The van der Waals surface area contributed by atoms with Gasteiger partial charge in [0.15, 0.2) is 5.78 Å². The highest BCUT2D eigenvalue weighted by Crippen LogP contribution is 2.49. The molecule has 0 saturated heterocycles. The lowest BCUT2D eigenvalue weighted by molar-refractivity contribution is -0.120. The molecular weight excluding hydrogens is 534 g/mol. The molecule has 1 aliphatic heterocycles. The quantitative estimate of drug-likeness (QED) is 0.293. The second-order valence-corrected chi connectivity index (χ2v) is 11.0. The topological polar surface area (TPSA) is 88.9 Å². The van der Waals surface area contributed by atoms with Gasteiger partial charge in [0.25, 0.3) is 0 Å². The van der Waals surface area contributed by atoms with Gasteiger partial charge in [-0.25, -0.2) is 9.67 Å². The van der Waals surface area contributed by atoms with Crippen LogP contribution in [0.4, 0.5) is 5.82 Å². The van der Waals surface area contributed by atoms with Gasteiger partial charge < -0.3 is 10.6 Å². The summed E-state index contributed by atoms with van der Waals surface area (Å²) in [7, 11) is 0. The standard InChI is InChI=1S/C33H30ClN5O2/c1-19-11-10-16-35-32(19)37-33(41)28-20(2)36-25-17-23(22-12-6-4-7-13-22)18-26(40)29(25)30(28)27-21(3)38-39(31(27)34)24-14-8-5-9-15-24/h4-16,23,28,30,36H,2,17-18H2,1,3H3,(H,35,37,41). The number of carbonyl (C=O) groups excluding carboxylic acids is 2. The Morgan fingerprint density at radius 2 is 1.73 bits per heavy atom. The molecule has 3 unspecified atom stereocenters. The van der Waals surface area contributed by atoms with E-state index in [1.165, 1.54) is 0 Å². The van der Waals surface area contributed by atoms with Crippen molar-refractivity contribution in [2.75, 3.05) is 5.32 Å². The van der Waals surface area contributed by atoms with E-state index in [0.29, 0.717) is 46.3 Å². The number of carbonyl (C=O) groups is 2. The van der Waals surface area contributed by atoms with E-state index in [0.717, 1.165) is 22.5 Å². The maximum absolute atomic E-state index is 14.0. The average molecular weight is 564 g/mol. The summed E-state index contributed by atoms with van der Waals surface area (Å²) in [5.41, 5.74) is 5.88. The lowest BCUT2D eigenvalue weighted by Gasteiger charge is -2.40. The van der Waals surface area contributed by atoms with E-state index in [1.54, 1.807) is 10.9 Å². The van der Waals surface area contributed by atoms with Crippen molar-refractivity contribution >= 4 is 29.1 Å². The molecule has 2 aliphatic rings. The van der Waals surface area contributed by atoms with Gasteiger partial charge in [-0.2, -0.15) is 5.10 Å². The third-order valence-corrected chi connectivity index (χ3v) is 8.37. The summed E-state index contributed by atoms with van der Waals surface area (Å²) in [6, 6.07) is 23.3. The number of ketones is 1. The number of hydrogen-bond acceptors (Lipinski definition) is 5. The Bertz CT molecular complexity index is 1690. The largest absolute Gasteiger partial charge is 0.362 e. The fraction of sp³-hybridized carbons (Fsp3) is 0.212. The third kappa shape index (κ3) is 4.87. The number of pyridine rings is 1. The first-order valence-corrected chi connectivity index (χ1v) is 14.0. The monoisotopic (exact) mass is 563 g/mol. The van der Waals surface area contributed by atoms with Crippen LogP contribution in [0.3, 0.4) is 0 Å². The first kappa shape index (κ1) is 26.7. The van der Waals surface area contributed by atoms with E-state index in [1.807, 2.05) is 74.5 Å². The Balaban J connectivity index is 1.49. The number of para-hydroxylation sites is 1. The Hall–Kier alpha value is -4.49. The number of allylic oxidation sites excluding steroid dienone is 2. The molecule has 8 heteroatoms. The van der Waals surface area contributed by atoms with Crippen molar-refractivity contribution in [3.8, 4) is 5.69 Å². The molecule has 0 saturated carbocycles. The normalized spacial score (nSPS) is 20.4. The molecule has 0 bridgehead atoms. The van der Waals surface area contributed by atoms with Gasteiger partial charge in [-0.1, -0.05) is 72.8 Å². The highest BCUT2D eigenvalue weighted by atomic mass is 35.5. The van der Waals surface area contributed by atoms with Crippen LogP contribution in [0.15, 0.2) is 103 Å². The van der Waals surface area contributed by atoms with E-state index in [-0.39, 0.29) is 17.6 Å². The van der Waals surface area contributed by atoms with Crippen molar-refractivity contribution in [2.45, 2.75) is 38.5 Å². The Kier molecular flexibility index (Phi) is 7.05. The first-order chi connectivity index (χ1) is 19.8. The van der Waals surface area contributed by atoms with Gasteiger partial charge in [-0.15, -0.1) is 0 Å². The zero-order chi connectivity index (χ0) is 28.7. The molecule has 2 aromatic carbocycles. The van der Waals surface area contributed by atoms with Crippen LogP contribution in [0, 0.1) is 19.8 Å². The third-order valence-electron chi connectivity index (χ3n) is 8.00. The molecular formula is C33H30ClN5O2. The number of rotatable bonds is 5. The molecule has 2 N–H and O–H groups in total. The number of hydrogen-bond donors (Lipinski definition) is 2. The molecule has 41 heavy (non-hydrogen) atoms. The molecule has 1 aliphatic carbocycles. The summed E-state index contributed by atoms with van der Waals surface area (Å²) in [6.45, 7) is 8.03. The number of Topliss-reactive ketones (excluding diaryl/α,β-unsaturated/α-hetero) is 1. The van der Waals surface area contributed by atoms with Gasteiger partial charge >= 0.3 is 0 Å². The van der Waals surface area contributed by atoms with Crippen molar-refractivity contribution in [1.82, 2.24) is 20.1 Å². The minimum atomic E-state index is -0.822. The van der Waals surface area contributed by atoms with Gasteiger partial charge in [0.05, 0.1) is 17.3 Å². The van der Waals surface area contributed by atoms with E-state index >= 15 is 0 Å². The number of benzene rings is 2. The van der Waals surface area contributed by atoms with E-state index in [4.69, 9.17) is 16.7 Å². The maximum atomic E-state index is 14.0. The summed E-state index contributed by atoms with van der Waals surface area (Å²) in [6.07, 6.45) is 2.59. The van der Waals surface area contributed by atoms with Crippen LogP contribution in [0.5, 0.6) is 0 Å². The fourth-order valence-electron chi connectivity index (χ4n) is 6.05. The van der Waals surface area contributed by atoms with Gasteiger partial charge in [0, 0.05) is 41.1 Å². The SMILES string of the molecule is C=C1NC2=C(C(=O)CC(c3ccccc3)C2)C(c2c(C)nn(-c3ccccc3)c2Cl)C1C(=O)Nc1ncccc1C. The minimum absolute atomic E-state index is 0.0140. The van der Waals surface area contributed by atoms with Gasteiger partial charge in [-0.3, -0.25) is 9.59 Å². The van der Waals surface area contributed by atoms with Crippen LogP contribution < -0.4 is 10.6 Å². The number of amides is 1. The fourth-order valence-corrected chi connectivity index (χ4v) is 6.44. The molecule has 1 amide bonds. The molecule has 3 heterocycles. The number of anilines is 1. The summed E-state index contributed by atoms with van der Waals surface area (Å²) >= 11 is 7.08. The first-order valence-electron chi connectivity index (χ1n) is 13.6. The molecule has 6 rings (SSSR count). The summed E-state index contributed by atoms with van der Waals surface area (Å²) in [5, 5.41) is 11.5. The van der Waals surface area contributed by atoms with E-state index < -0.39 is 11.8 Å². The van der Waals surface area contributed by atoms with Crippen molar-refractivity contribution in [3.05, 3.63) is 130 Å². The van der Waals surface area contributed by atoms with Crippen LogP contribution >= 0.6 is 11.6 Å². The molecule has 0 radical (unpaired) electrons. The van der Waals surface area contributed by atoms with Crippen LogP contribution in [0.1, 0.15) is 47.1 Å². The number of aryl methyl sites for hydroxylation is 2. The number of halogens is 1. The zero-order valence-electron chi connectivity index (χ0n) is 22.9. The van der Waals surface area contributed by atoms with E-state index in [2.05, 4.69) is 34.3 Å². The molecule has 4 aromatic rings. The van der Waals surface area contributed by atoms with Crippen molar-refractivity contribution in [3.63, 3.8) is 0 Å². The molecule has 2 aromatic heterocycles. The molecule has 3 atom stereocenters. The second-order valence-electron chi connectivity index (χ2n) is 10.6. The summed E-state index contributed by atoms with van der Waals surface area (Å²) in [4.78, 5) is 32.4. The van der Waals surface area contributed by atoms with Crippen molar-refractivity contribution in [1.29, 1.82) is 0 Å². The van der Waals surface area contributed by atoms with E-state index in [9.17, 15) is 9.59 Å². The molecule has 0 spiro atoms. The highest BCUT2D eigenvalue weighted by Gasteiger charge is 2.47. The predicted molar refractivity (Wildman–Crippen MR) is 160 cm³/mol. The Morgan fingerprint density at radius 3 is 2.44 bits per heavy atom. The van der Waals surface area contributed by atoms with Crippen LogP contribution in [-0.2, 0) is 9.59 Å². The van der Waals surface area contributed by atoms with Gasteiger partial charge in [0.1, 0.15) is 11.0 Å². The number of nitrogens with one attached hydrogen (secondary N) is 2. The molecule has 7 nitrogen and oxygen atoms in total. The van der Waals surface area contributed by atoms with Crippen LogP contribution in [-0.4, -0.2) is 26.5 Å². The average Bonchev–Trinajstić information content (AvgIpc) is 3.27. The van der Waals surface area contributed by atoms with Crippen molar-refractivity contribution in [2.24, 2.45) is 5.92 Å². The number of nitrogens with zero attached hydrogens (tertiary/aromatic N) is 3. The van der Waals surface area contributed by atoms with Gasteiger partial charge in [-0.05, 0) is 55.5 Å². The maximum Gasteiger partial charge on any atom is 0.235 e. The highest BCUT2D eigenvalue weighted by molar-refractivity contribution is 6.31. The predicted octanol–water partition coefficient (Wildman–Crippen LogP) is 6.39. The molecule has 0 fully saturated rings. The zero-order valence-corrected chi connectivity index (χ0v) is 23.7. The van der Waals surface area contributed by atoms with Crippen LogP contribution in [0.25, 0.3) is 5.69 Å². The number of aromatic nitrogens is 3. The van der Waals surface area contributed by atoms with Crippen LogP contribution in [0.2, 0.25) is 5.15 Å². The second kappa shape index (κ2) is 10.8. The summed E-state index contributed by atoms with van der Waals surface area (Å²) < 4.78 is 1.66. The summed E-state index contributed by atoms with van der Waals surface area (Å²) in [5.74, 6) is -1.34. The minimum Gasteiger partial charge on any atom is -0.362 e. The van der Waals surface area contributed by atoms with Crippen molar-refractivity contribution < 1.29 is 9.59 Å².